The van der Waals surface area contributed by atoms with E-state index in [1.54, 1.807) is 6.20 Å². The molecule has 3 heteroatoms. The van der Waals surface area contributed by atoms with Gasteiger partial charge in [0.1, 0.15) is 0 Å². The van der Waals surface area contributed by atoms with Gasteiger partial charge < -0.3 is 0 Å². The van der Waals surface area contributed by atoms with Crippen LogP contribution in [-0.2, 0) is 13.5 Å². The minimum absolute atomic E-state index is 0.863. The first kappa shape index (κ1) is 6.06. The van der Waals surface area contributed by atoms with E-state index in [-0.39, 0.29) is 0 Å². The number of rotatable bonds is 1. The molecule has 46 valence electrons. The molecule has 0 bridgehead atoms. The van der Waals surface area contributed by atoms with Crippen molar-refractivity contribution >= 4 is 14.9 Å². The fraction of sp³-hybridized carbons (Fsp3) is 0. The van der Waals surface area contributed by atoms with Crippen LogP contribution < -0.4 is 4.66 Å². The quantitative estimate of drug-likeness (QED) is 0.575. The molecule has 8 heavy (non-hydrogen) atoms. The number of pyridine rings is 1. The summed E-state index contributed by atoms with van der Waals surface area (Å²) >= 11 is 0.973. The fourth-order valence-corrected chi connectivity index (χ4v) is 0.937. The number of hydrogen-bond acceptors (Lipinski definition) is 1. The summed E-state index contributed by atoms with van der Waals surface area (Å²) in [5, 5.41) is 0. The van der Waals surface area contributed by atoms with Crippen LogP contribution in [0.1, 0.15) is 0 Å². The average molecular weight is 172 g/mol. The maximum absolute atomic E-state index is 5.40. The Hall–Kier alpha value is -0.0665. The van der Waals surface area contributed by atoms with Crippen LogP contribution in [0.5, 0.6) is 0 Å². The molecule has 1 aromatic heterocycles. The van der Waals surface area contributed by atoms with Crippen molar-refractivity contribution < 1.29 is 13.5 Å². The third-order valence-electron chi connectivity index (χ3n) is 0.672. The van der Waals surface area contributed by atoms with Gasteiger partial charge in [-0.05, 0) is 0 Å². The van der Waals surface area contributed by atoms with E-state index in [0.29, 0.717) is 0 Å². The summed E-state index contributed by atoms with van der Waals surface area (Å²) in [6.07, 6.45) is 1.72. The Balaban J connectivity index is 2.83. The van der Waals surface area contributed by atoms with Gasteiger partial charge in [-0.15, -0.1) is 0 Å². The van der Waals surface area contributed by atoms with Gasteiger partial charge in [0.2, 0.25) is 0 Å². The van der Waals surface area contributed by atoms with Crippen molar-refractivity contribution in [1.29, 1.82) is 0 Å². The standard InChI is InChI=1S/C5H4N.ClH.Ni/c1-2-4-6-5-3-1;;/h1-4H;1H;/q;;+1/p-1. The number of nitrogens with zero attached hydrogens (tertiary/aromatic N) is 1. The first-order valence-electron chi connectivity index (χ1n) is 2.05. The second-order valence-corrected chi connectivity index (χ2v) is 2.37. The third kappa shape index (κ3) is 1.46. The summed E-state index contributed by atoms with van der Waals surface area (Å²) < 4.78 is 0.863. The first-order chi connectivity index (χ1) is 3.93. The monoisotopic (exact) mass is 171 g/mol. The minimum atomic E-state index is 0.863. The summed E-state index contributed by atoms with van der Waals surface area (Å²) in [6.45, 7) is 0. The molecule has 0 saturated heterocycles. The van der Waals surface area contributed by atoms with E-state index in [2.05, 4.69) is 4.98 Å². The van der Waals surface area contributed by atoms with Gasteiger partial charge in [0.05, 0.1) is 0 Å². The molecule has 0 amide bonds. The van der Waals surface area contributed by atoms with E-state index in [1.165, 1.54) is 0 Å². The average Bonchev–Trinajstić information content (AvgIpc) is 1.90. The van der Waals surface area contributed by atoms with Crippen molar-refractivity contribution in [1.82, 2.24) is 4.98 Å². The van der Waals surface area contributed by atoms with Gasteiger partial charge in [-0.3, -0.25) is 0 Å². The summed E-state index contributed by atoms with van der Waals surface area (Å²) in [4.78, 5) is 3.94. The zero-order chi connectivity index (χ0) is 5.82. The van der Waals surface area contributed by atoms with Gasteiger partial charge in [-0.1, -0.05) is 0 Å². The van der Waals surface area contributed by atoms with Crippen LogP contribution >= 0.6 is 10.2 Å². The summed E-state index contributed by atoms with van der Waals surface area (Å²) in [6, 6.07) is 5.63. The summed E-state index contributed by atoms with van der Waals surface area (Å²) in [5.41, 5.74) is 0. The molecule has 1 aromatic rings. The number of aromatic nitrogens is 1. The van der Waals surface area contributed by atoms with Gasteiger partial charge in [0.15, 0.2) is 0 Å². The second-order valence-electron chi connectivity index (χ2n) is 1.18. The molecule has 0 aliphatic rings. The van der Waals surface area contributed by atoms with Crippen LogP contribution in [0.15, 0.2) is 24.4 Å². The Morgan fingerprint density at radius 3 is 2.75 bits per heavy atom. The number of hydrogen-bond donors (Lipinski definition) is 0. The van der Waals surface area contributed by atoms with Gasteiger partial charge >= 0.3 is 57.8 Å². The SMILES string of the molecule is [Cl][Ni][c]1ccccn1. The van der Waals surface area contributed by atoms with Crippen molar-refractivity contribution in [3.05, 3.63) is 24.4 Å². The van der Waals surface area contributed by atoms with Gasteiger partial charge in [0, 0.05) is 0 Å². The predicted molar refractivity (Wildman–Crippen MR) is 29.7 cm³/mol. The molecule has 0 aromatic carbocycles. The molecule has 1 heterocycles. The zero-order valence-electron chi connectivity index (χ0n) is 3.95. The van der Waals surface area contributed by atoms with Crippen molar-refractivity contribution in [2.75, 3.05) is 0 Å². The van der Waals surface area contributed by atoms with E-state index in [9.17, 15) is 0 Å². The van der Waals surface area contributed by atoms with E-state index in [4.69, 9.17) is 10.2 Å². The van der Waals surface area contributed by atoms with E-state index in [0.717, 1.165) is 18.2 Å². The Bertz CT molecular complexity index is 154. The van der Waals surface area contributed by atoms with Crippen LogP contribution in [-0.4, -0.2) is 4.98 Å². The molecule has 0 aliphatic heterocycles. The normalized spacial score (nSPS) is 9.62. The molecule has 0 fully saturated rings. The molecule has 1 nitrogen and oxygen atoms in total. The Kier molecular flexibility index (Phi) is 2.32. The van der Waals surface area contributed by atoms with Crippen molar-refractivity contribution in [3.8, 4) is 0 Å². The molecule has 0 unspecified atom stereocenters. The van der Waals surface area contributed by atoms with Crippen LogP contribution in [0.25, 0.3) is 0 Å². The zero-order valence-corrected chi connectivity index (χ0v) is 5.69. The third-order valence-corrected chi connectivity index (χ3v) is 1.66. The van der Waals surface area contributed by atoms with Crippen molar-refractivity contribution in [2.24, 2.45) is 0 Å². The second kappa shape index (κ2) is 3.06. The van der Waals surface area contributed by atoms with Gasteiger partial charge in [-0.2, -0.15) is 0 Å². The van der Waals surface area contributed by atoms with Crippen LogP contribution in [0.3, 0.4) is 0 Å². The van der Waals surface area contributed by atoms with Crippen molar-refractivity contribution in [3.63, 3.8) is 0 Å². The summed E-state index contributed by atoms with van der Waals surface area (Å²) in [5.74, 6) is 0. The van der Waals surface area contributed by atoms with Crippen molar-refractivity contribution in [2.45, 2.75) is 0 Å². The van der Waals surface area contributed by atoms with Gasteiger partial charge in [-0.25, -0.2) is 0 Å². The molecule has 0 atom stereocenters. The van der Waals surface area contributed by atoms with Crippen LogP contribution in [0.2, 0.25) is 0 Å². The van der Waals surface area contributed by atoms with E-state index >= 15 is 0 Å². The maximum atomic E-state index is 5.40. The van der Waals surface area contributed by atoms with Gasteiger partial charge in [0.25, 0.3) is 0 Å². The molecular weight excluding hydrogens is 168 g/mol. The van der Waals surface area contributed by atoms with Crippen LogP contribution in [0, 0.1) is 0 Å². The van der Waals surface area contributed by atoms with E-state index < -0.39 is 0 Å². The molecule has 1 rings (SSSR count). The number of halogens is 1. The molecule has 0 spiro atoms. The molecule has 0 radical (unpaired) electrons. The molecule has 0 N–H and O–H groups in total. The Labute approximate surface area is 58.2 Å². The molecular formula is C5H4ClNNi. The van der Waals surface area contributed by atoms with E-state index in [1.807, 2.05) is 18.2 Å². The molecule has 0 aliphatic carbocycles. The van der Waals surface area contributed by atoms with Crippen LogP contribution in [0.4, 0.5) is 0 Å². The Morgan fingerprint density at radius 2 is 2.38 bits per heavy atom. The summed E-state index contributed by atoms with van der Waals surface area (Å²) in [7, 11) is 5.40. The fourth-order valence-electron chi connectivity index (χ4n) is 0.367. The molecule has 0 saturated carbocycles. The predicted octanol–water partition coefficient (Wildman–Crippen LogP) is 0.943. The Morgan fingerprint density at radius 1 is 1.50 bits per heavy atom. The topological polar surface area (TPSA) is 12.9 Å². The first-order valence-corrected chi connectivity index (χ1v) is 3.90.